The maximum absolute atomic E-state index is 14.1. The molecule has 160 valence electrons. The number of carbonyl (C=O) groups is 1. The van der Waals surface area contributed by atoms with Crippen LogP contribution >= 0.6 is 23.2 Å². The molecule has 0 radical (unpaired) electrons. The van der Waals surface area contributed by atoms with Crippen LogP contribution in [0.1, 0.15) is 69.2 Å². The van der Waals surface area contributed by atoms with Crippen LogP contribution < -0.4 is 0 Å². The molecule has 1 N–H and O–H groups in total. The zero-order chi connectivity index (χ0) is 22.3. The van der Waals surface area contributed by atoms with Crippen LogP contribution in [-0.4, -0.2) is 11.1 Å². The van der Waals surface area contributed by atoms with E-state index in [0.29, 0.717) is 10.0 Å². The molecule has 0 fully saturated rings. The molecule has 0 saturated heterocycles. The fourth-order valence-electron chi connectivity index (χ4n) is 3.62. The number of rotatable bonds is 7. The average Bonchev–Trinajstić information content (AvgIpc) is 2.67. The summed E-state index contributed by atoms with van der Waals surface area (Å²) in [6, 6.07) is 8.19. The molecule has 29 heavy (non-hydrogen) atoms. The number of carboxylic acids is 1. The lowest BCUT2D eigenvalue weighted by molar-refractivity contribution is -0.142. The first kappa shape index (κ1) is 25.5. The zero-order valence-corrected chi connectivity index (χ0v) is 19.5. The SMILES string of the molecule is CC.CCCc1cc(Cl)cc(Cl)c1C(c1cc(F)ccc1C)C(C)C(C)C(=O)O. The highest BCUT2D eigenvalue weighted by Crippen LogP contribution is 2.43. The van der Waals surface area contributed by atoms with Crippen LogP contribution in [-0.2, 0) is 11.2 Å². The Morgan fingerprint density at radius 1 is 1.14 bits per heavy atom. The summed E-state index contributed by atoms with van der Waals surface area (Å²) in [7, 11) is 0. The first-order chi connectivity index (χ1) is 13.7. The Hall–Kier alpha value is -1.58. The van der Waals surface area contributed by atoms with Crippen molar-refractivity contribution in [2.75, 3.05) is 0 Å². The van der Waals surface area contributed by atoms with Crippen molar-refractivity contribution in [1.82, 2.24) is 0 Å². The third-order valence-corrected chi connectivity index (χ3v) is 5.82. The molecule has 0 bridgehead atoms. The van der Waals surface area contributed by atoms with Crippen LogP contribution in [0.4, 0.5) is 4.39 Å². The Kier molecular flexibility index (Phi) is 10.2. The van der Waals surface area contributed by atoms with Gasteiger partial charge in [-0.3, -0.25) is 4.79 Å². The second kappa shape index (κ2) is 11.6. The second-order valence-corrected chi connectivity index (χ2v) is 8.02. The van der Waals surface area contributed by atoms with E-state index in [1.54, 1.807) is 19.1 Å². The fourth-order valence-corrected chi connectivity index (χ4v) is 4.28. The van der Waals surface area contributed by atoms with Gasteiger partial charge in [0.1, 0.15) is 5.82 Å². The topological polar surface area (TPSA) is 37.3 Å². The van der Waals surface area contributed by atoms with Crippen molar-refractivity contribution in [2.45, 2.75) is 60.3 Å². The summed E-state index contributed by atoms with van der Waals surface area (Å²) in [4.78, 5) is 11.7. The number of carboxylic acid groups (broad SMARTS) is 1. The minimum absolute atomic E-state index is 0.294. The molecule has 2 aromatic carbocycles. The van der Waals surface area contributed by atoms with E-state index in [2.05, 4.69) is 6.92 Å². The van der Waals surface area contributed by atoms with E-state index in [4.69, 9.17) is 23.2 Å². The maximum atomic E-state index is 14.1. The average molecular weight is 441 g/mol. The monoisotopic (exact) mass is 440 g/mol. The Balaban J connectivity index is 0.00000204. The Bertz CT molecular complexity index is 836. The van der Waals surface area contributed by atoms with Gasteiger partial charge in [-0.2, -0.15) is 0 Å². The van der Waals surface area contributed by atoms with Crippen LogP contribution in [0, 0.1) is 24.6 Å². The molecular formula is C24H31Cl2FO2. The van der Waals surface area contributed by atoms with Crippen molar-refractivity contribution < 1.29 is 14.3 Å². The number of aryl methyl sites for hydroxylation is 2. The minimum Gasteiger partial charge on any atom is -0.481 e. The van der Waals surface area contributed by atoms with Crippen LogP contribution in [0.3, 0.4) is 0 Å². The molecule has 0 aliphatic rings. The van der Waals surface area contributed by atoms with Gasteiger partial charge in [0.05, 0.1) is 5.92 Å². The van der Waals surface area contributed by atoms with E-state index in [1.807, 2.05) is 33.8 Å². The number of aliphatic carboxylic acids is 1. The molecule has 0 saturated carbocycles. The Labute approximate surface area is 184 Å². The number of halogens is 3. The largest absolute Gasteiger partial charge is 0.481 e. The molecular weight excluding hydrogens is 410 g/mol. The molecule has 0 heterocycles. The molecule has 0 amide bonds. The summed E-state index contributed by atoms with van der Waals surface area (Å²) >= 11 is 12.8. The van der Waals surface area contributed by atoms with Crippen LogP contribution in [0.2, 0.25) is 10.0 Å². The van der Waals surface area contributed by atoms with E-state index >= 15 is 0 Å². The zero-order valence-electron chi connectivity index (χ0n) is 18.0. The highest BCUT2D eigenvalue weighted by molar-refractivity contribution is 6.35. The highest BCUT2D eigenvalue weighted by Gasteiger charge is 2.33. The first-order valence-electron chi connectivity index (χ1n) is 10.1. The summed E-state index contributed by atoms with van der Waals surface area (Å²) in [6.07, 6.45) is 1.65. The van der Waals surface area contributed by atoms with Gasteiger partial charge in [-0.15, -0.1) is 0 Å². The van der Waals surface area contributed by atoms with Gasteiger partial charge in [0.15, 0.2) is 0 Å². The molecule has 5 heteroatoms. The third-order valence-electron chi connectivity index (χ3n) is 5.29. The van der Waals surface area contributed by atoms with Crippen molar-refractivity contribution in [1.29, 1.82) is 0 Å². The van der Waals surface area contributed by atoms with E-state index in [0.717, 1.165) is 35.1 Å². The number of hydrogen-bond acceptors (Lipinski definition) is 1. The van der Waals surface area contributed by atoms with Crippen molar-refractivity contribution in [3.8, 4) is 0 Å². The van der Waals surface area contributed by atoms with Crippen molar-refractivity contribution >= 4 is 29.2 Å². The minimum atomic E-state index is -0.885. The molecule has 2 nitrogen and oxygen atoms in total. The van der Waals surface area contributed by atoms with Gasteiger partial charge in [-0.25, -0.2) is 4.39 Å². The predicted octanol–water partition coefficient (Wildman–Crippen LogP) is 7.91. The lowest BCUT2D eigenvalue weighted by Gasteiger charge is -2.31. The van der Waals surface area contributed by atoms with E-state index in [-0.39, 0.29) is 17.7 Å². The first-order valence-corrected chi connectivity index (χ1v) is 10.9. The van der Waals surface area contributed by atoms with Gasteiger partial charge in [0, 0.05) is 16.0 Å². The second-order valence-electron chi connectivity index (χ2n) is 7.18. The number of hydrogen-bond donors (Lipinski definition) is 1. The van der Waals surface area contributed by atoms with Crippen LogP contribution in [0.15, 0.2) is 30.3 Å². The summed E-state index contributed by atoms with van der Waals surface area (Å²) < 4.78 is 14.1. The molecule has 0 aliphatic heterocycles. The number of benzene rings is 2. The lowest BCUT2D eigenvalue weighted by Crippen LogP contribution is -2.26. The molecule has 3 atom stereocenters. The standard InChI is InChI=1S/C22H25Cl2FO2.C2H6/c1-5-6-15-9-16(23)10-19(24)21(15)20(13(3)14(4)22(26)27)18-11-17(25)8-7-12(18)2;1-2/h7-11,13-14,20H,5-6H2,1-4H3,(H,26,27);1-2H3. The summed E-state index contributed by atoms with van der Waals surface area (Å²) in [5, 5.41) is 10.6. The molecule has 2 aromatic rings. The van der Waals surface area contributed by atoms with E-state index in [1.165, 1.54) is 12.1 Å². The van der Waals surface area contributed by atoms with Crippen molar-refractivity contribution in [3.63, 3.8) is 0 Å². The molecule has 0 aliphatic carbocycles. The van der Waals surface area contributed by atoms with Gasteiger partial charge in [-0.1, -0.05) is 70.3 Å². The van der Waals surface area contributed by atoms with Gasteiger partial charge in [-0.05, 0) is 65.8 Å². The van der Waals surface area contributed by atoms with Crippen LogP contribution in [0.25, 0.3) is 0 Å². The normalized spacial score (nSPS) is 13.8. The summed E-state index contributed by atoms with van der Waals surface area (Å²) in [6.45, 7) is 11.5. The molecule has 2 rings (SSSR count). The highest BCUT2D eigenvalue weighted by atomic mass is 35.5. The molecule has 0 spiro atoms. The molecule has 0 aromatic heterocycles. The summed E-state index contributed by atoms with van der Waals surface area (Å²) in [5.74, 6) is -2.50. The van der Waals surface area contributed by atoms with Crippen molar-refractivity contribution in [3.05, 3.63) is 68.4 Å². The predicted molar refractivity (Wildman–Crippen MR) is 121 cm³/mol. The Morgan fingerprint density at radius 2 is 1.76 bits per heavy atom. The Morgan fingerprint density at radius 3 is 2.31 bits per heavy atom. The molecule has 3 unspecified atom stereocenters. The van der Waals surface area contributed by atoms with Gasteiger partial charge >= 0.3 is 5.97 Å². The smallest absolute Gasteiger partial charge is 0.306 e. The summed E-state index contributed by atoms with van der Waals surface area (Å²) in [5.41, 5.74) is 3.49. The van der Waals surface area contributed by atoms with Crippen LogP contribution in [0.5, 0.6) is 0 Å². The quantitative estimate of drug-likeness (QED) is 0.474. The van der Waals surface area contributed by atoms with E-state index < -0.39 is 11.9 Å². The van der Waals surface area contributed by atoms with E-state index in [9.17, 15) is 14.3 Å². The van der Waals surface area contributed by atoms with Gasteiger partial charge in [0.25, 0.3) is 0 Å². The maximum Gasteiger partial charge on any atom is 0.306 e. The fraction of sp³-hybridized carbons (Fsp3) is 0.458. The van der Waals surface area contributed by atoms with Gasteiger partial charge in [0.2, 0.25) is 0 Å². The van der Waals surface area contributed by atoms with Gasteiger partial charge < -0.3 is 5.11 Å². The lowest BCUT2D eigenvalue weighted by atomic mass is 9.73. The third kappa shape index (κ3) is 6.20. The van der Waals surface area contributed by atoms with Crippen molar-refractivity contribution in [2.24, 2.45) is 11.8 Å².